The molecule has 84 valence electrons. The van der Waals surface area contributed by atoms with Crippen molar-refractivity contribution in [2.24, 2.45) is 17.8 Å². The van der Waals surface area contributed by atoms with E-state index >= 15 is 0 Å². The van der Waals surface area contributed by atoms with Gasteiger partial charge in [-0.25, -0.2) is 0 Å². The highest BCUT2D eigenvalue weighted by Crippen LogP contribution is 2.37. The quantitative estimate of drug-likeness (QED) is 0.643. The molecule has 3 unspecified atom stereocenters. The molecule has 0 aromatic rings. The minimum atomic E-state index is 0.936. The van der Waals surface area contributed by atoms with Gasteiger partial charge in [0, 0.05) is 0 Å². The van der Waals surface area contributed by atoms with Crippen LogP contribution in [0.4, 0.5) is 0 Å². The van der Waals surface area contributed by atoms with Gasteiger partial charge in [-0.05, 0) is 50.1 Å². The van der Waals surface area contributed by atoms with Gasteiger partial charge in [0.2, 0.25) is 0 Å². The molecule has 0 aromatic carbocycles. The summed E-state index contributed by atoms with van der Waals surface area (Å²) in [7, 11) is 0. The fourth-order valence-corrected chi connectivity index (χ4v) is 2.84. The molecule has 1 heteroatoms. The summed E-state index contributed by atoms with van der Waals surface area (Å²) < 4.78 is 0. The number of hydrogen-bond donors (Lipinski definition) is 1. The van der Waals surface area contributed by atoms with Crippen molar-refractivity contribution in [3.8, 4) is 0 Å². The first-order valence-electron chi connectivity index (χ1n) is 6.50. The van der Waals surface area contributed by atoms with E-state index in [2.05, 4.69) is 26.1 Å². The summed E-state index contributed by atoms with van der Waals surface area (Å²) >= 11 is 0. The summed E-state index contributed by atoms with van der Waals surface area (Å²) in [6, 6.07) is 0. The van der Waals surface area contributed by atoms with Gasteiger partial charge in [0.15, 0.2) is 0 Å². The zero-order valence-corrected chi connectivity index (χ0v) is 10.2. The first kappa shape index (κ1) is 12.0. The molecule has 1 aliphatic rings. The third-order valence-corrected chi connectivity index (χ3v) is 3.93. The largest absolute Gasteiger partial charge is 0.316 e. The van der Waals surface area contributed by atoms with Gasteiger partial charge in [-0.1, -0.05) is 33.6 Å². The average Bonchev–Trinajstić information content (AvgIpc) is 2.65. The SMILES string of the molecule is CCCNCC1CCCC1C(C)CC. The molecule has 3 atom stereocenters. The molecular formula is C13H27N. The molecule has 0 radical (unpaired) electrons. The molecule has 0 amide bonds. The highest BCUT2D eigenvalue weighted by molar-refractivity contribution is 4.81. The van der Waals surface area contributed by atoms with Crippen molar-refractivity contribution in [1.82, 2.24) is 5.32 Å². The van der Waals surface area contributed by atoms with Crippen LogP contribution in [0.1, 0.15) is 52.9 Å². The lowest BCUT2D eigenvalue weighted by atomic mass is 9.83. The first-order chi connectivity index (χ1) is 6.79. The molecule has 1 N–H and O–H groups in total. The Balaban J connectivity index is 2.27. The van der Waals surface area contributed by atoms with Gasteiger partial charge in [0.05, 0.1) is 0 Å². The van der Waals surface area contributed by atoms with E-state index in [4.69, 9.17) is 0 Å². The fraction of sp³-hybridized carbons (Fsp3) is 1.00. The Morgan fingerprint density at radius 1 is 1.29 bits per heavy atom. The summed E-state index contributed by atoms with van der Waals surface area (Å²) in [5.74, 6) is 2.91. The van der Waals surface area contributed by atoms with Crippen molar-refractivity contribution in [1.29, 1.82) is 0 Å². The maximum Gasteiger partial charge on any atom is -0.00178 e. The Bertz CT molecular complexity index is 144. The van der Waals surface area contributed by atoms with Crippen molar-refractivity contribution in [2.45, 2.75) is 52.9 Å². The lowest BCUT2D eigenvalue weighted by Crippen LogP contribution is -2.28. The van der Waals surface area contributed by atoms with Crippen LogP contribution in [0.2, 0.25) is 0 Å². The average molecular weight is 197 g/mol. The van der Waals surface area contributed by atoms with E-state index in [1.165, 1.54) is 45.2 Å². The first-order valence-corrected chi connectivity index (χ1v) is 6.50. The van der Waals surface area contributed by atoms with E-state index in [1.54, 1.807) is 0 Å². The maximum atomic E-state index is 3.59. The molecule has 14 heavy (non-hydrogen) atoms. The van der Waals surface area contributed by atoms with Crippen LogP contribution in [0.3, 0.4) is 0 Å². The van der Waals surface area contributed by atoms with Gasteiger partial charge in [-0.15, -0.1) is 0 Å². The second-order valence-corrected chi connectivity index (χ2v) is 4.94. The summed E-state index contributed by atoms with van der Waals surface area (Å²) in [5.41, 5.74) is 0. The molecule has 0 aliphatic heterocycles. The predicted octanol–water partition coefficient (Wildman–Crippen LogP) is 3.45. The summed E-state index contributed by atoms with van der Waals surface area (Å²) in [5, 5.41) is 3.59. The van der Waals surface area contributed by atoms with Gasteiger partial charge in [0.25, 0.3) is 0 Å². The monoisotopic (exact) mass is 197 g/mol. The van der Waals surface area contributed by atoms with Crippen LogP contribution in [0.5, 0.6) is 0 Å². The van der Waals surface area contributed by atoms with E-state index in [0.29, 0.717) is 0 Å². The van der Waals surface area contributed by atoms with Crippen molar-refractivity contribution in [2.75, 3.05) is 13.1 Å². The Hall–Kier alpha value is -0.0400. The topological polar surface area (TPSA) is 12.0 Å². The molecule has 1 rings (SSSR count). The van der Waals surface area contributed by atoms with Crippen LogP contribution in [-0.4, -0.2) is 13.1 Å². The van der Waals surface area contributed by atoms with Crippen LogP contribution in [0.25, 0.3) is 0 Å². The van der Waals surface area contributed by atoms with Crippen molar-refractivity contribution < 1.29 is 0 Å². The molecular weight excluding hydrogens is 170 g/mol. The second kappa shape index (κ2) is 6.44. The molecule has 0 saturated heterocycles. The van der Waals surface area contributed by atoms with E-state index in [9.17, 15) is 0 Å². The molecule has 0 bridgehead atoms. The van der Waals surface area contributed by atoms with Gasteiger partial charge in [0.1, 0.15) is 0 Å². The molecule has 1 saturated carbocycles. The summed E-state index contributed by atoms with van der Waals surface area (Å²) in [4.78, 5) is 0. The lowest BCUT2D eigenvalue weighted by molar-refractivity contribution is 0.264. The highest BCUT2D eigenvalue weighted by atomic mass is 14.9. The molecule has 1 nitrogen and oxygen atoms in total. The molecule has 1 aliphatic carbocycles. The zero-order valence-electron chi connectivity index (χ0n) is 10.2. The van der Waals surface area contributed by atoms with Crippen LogP contribution < -0.4 is 5.32 Å². The third-order valence-electron chi connectivity index (χ3n) is 3.93. The predicted molar refractivity (Wildman–Crippen MR) is 63.4 cm³/mol. The minimum absolute atomic E-state index is 0.936. The van der Waals surface area contributed by atoms with Crippen LogP contribution >= 0.6 is 0 Å². The lowest BCUT2D eigenvalue weighted by Gasteiger charge is -2.25. The number of rotatable bonds is 6. The van der Waals surface area contributed by atoms with E-state index in [1.807, 2.05) is 0 Å². The van der Waals surface area contributed by atoms with Crippen molar-refractivity contribution >= 4 is 0 Å². The zero-order chi connectivity index (χ0) is 10.4. The summed E-state index contributed by atoms with van der Waals surface area (Å²) in [6.07, 6.45) is 7.03. The van der Waals surface area contributed by atoms with Crippen LogP contribution in [-0.2, 0) is 0 Å². The standard InChI is InChI=1S/C13H27N/c1-4-9-14-10-12-7-6-8-13(12)11(3)5-2/h11-14H,4-10H2,1-3H3. The van der Waals surface area contributed by atoms with Gasteiger partial charge < -0.3 is 5.32 Å². The van der Waals surface area contributed by atoms with E-state index < -0.39 is 0 Å². The Morgan fingerprint density at radius 3 is 2.71 bits per heavy atom. The Kier molecular flexibility index (Phi) is 5.54. The molecule has 0 heterocycles. The van der Waals surface area contributed by atoms with Crippen molar-refractivity contribution in [3.63, 3.8) is 0 Å². The molecule has 0 aromatic heterocycles. The maximum absolute atomic E-state index is 3.59. The van der Waals surface area contributed by atoms with Gasteiger partial charge in [-0.3, -0.25) is 0 Å². The van der Waals surface area contributed by atoms with Gasteiger partial charge >= 0.3 is 0 Å². The Labute approximate surface area is 89.7 Å². The molecule has 1 fully saturated rings. The van der Waals surface area contributed by atoms with Gasteiger partial charge in [-0.2, -0.15) is 0 Å². The summed E-state index contributed by atoms with van der Waals surface area (Å²) in [6.45, 7) is 9.47. The third kappa shape index (κ3) is 3.27. The van der Waals surface area contributed by atoms with E-state index in [0.717, 1.165) is 17.8 Å². The highest BCUT2D eigenvalue weighted by Gasteiger charge is 2.29. The second-order valence-electron chi connectivity index (χ2n) is 4.94. The Morgan fingerprint density at radius 2 is 2.07 bits per heavy atom. The van der Waals surface area contributed by atoms with E-state index in [-0.39, 0.29) is 0 Å². The van der Waals surface area contributed by atoms with Crippen LogP contribution in [0, 0.1) is 17.8 Å². The van der Waals surface area contributed by atoms with Crippen LogP contribution in [0.15, 0.2) is 0 Å². The smallest absolute Gasteiger partial charge is 0.00178 e. The number of hydrogen-bond acceptors (Lipinski definition) is 1. The van der Waals surface area contributed by atoms with Crippen molar-refractivity contribution in [3.05, 3.63) is 0 Å². The molecule has 0 spiro atoms. The fourth-order valence-electron chi connectivity index (χ4n) is 2.84. The number of nitrogens with one attached hydrogen (secondary N) is 1. The minimum Gasteiger partial charge on any atom is -0.316 e. The normalized spacial score (nSPS) is 29.4.